The van der Waals surface area contributed by atoms with E-state index >= 15 is 0 Å². The Morgan fingerprint density at radius 1 is 1.64 bits per heavy atom. The second-order valence-corrected chi connectivity index (χ2v) is 3.33. The van der Waals surface area contributed by atoms with Crippen LogP contribution in [-0.2, 0) is 0 Å². The Bertz CT molecular complexity index is 435. The molecule has 0 aliphatic carbocycles. The molecule has 0 spiro atoms. The van der Waals surface area contributed by atoms with E-state index < -0.39 is 0 Å². The lowest BCUT2D eigenvalue weighted by molar-refractivity contribution is 0.0996. The van der Waals surface area contributed by atoms with Crippen LogP contribution in [0.1, 0.15) is 16.4 Å². The number of aromatic nitrogens is 2. The molecule has 0 saturated heterocycles. The number of nitrogens with one attached hydrogen (secondary N) is 1. The fourth-order valence-electron chi connectivity index (χ4n) is 0.914. The minimum absolute atomic E-state index is 0.262. The molecule has 0 aliphatic heterocycles. The largest absolute Gasteiger partial charge is 0.459 e. The van der Waals surface area contributed by atoms with Gasteiger partial charge < -0.3 is 4.42 Å². The second-order valence-electron chi connectivity index (χ2n) is 2.58. The average molecular weight is 209 g/mol. The van der Waals surface area contributed by atoms with E-state index in [1.54, 1.807) is 19.1 Å². The summed E-state index contributed by atoms with van der Waals surface area (Å²) in [7, 11) is 0. The Kier molecular flexibility index (Phi) is 2.28. The SMILES string of the molecule is Cc1nsc(NC(=O)c2ccco2)n1. The fourth-order valence-corrected chi connectivity index (χ4v) is 1.49. The first kappa shape index (κ1) is 8.89. The van der Waals surface area contributed by atoms with Crippen molar-refractivity contribution in [2.45, 2.75) is 6.92 Å². The van der Waals surface area contributed by atoms with Crippen molar-refractivity contribution in [1.29, 1.82) is 0 Å². The average Bonchev–Trinajstić information content (AvgIpc) is 2.75. The highest BCUT2D eigenvalue weighted by atomic mass is 32.1. The van der Waals surface area contributed by atoms with Crippen LogP contribution < -0.4 is 5.32 Å². The molecular weight excluding hydrogens is 202 g/mol. The van der Waals surface area contributed by atoms with E-state index in [4.69, 9.17) is 4.42 Å². The van der Waals surface area contributed by atoms with Crippen molar-refractivity contribution in [1.82, 2.24) is 9.36 Å². The van der Waals surface area contributed by atoms with Gasteiger partial charge in [0, 0.05) is 11.5 Å². The molecule has 72 valence electrons. The lowest BCUT2D eigenvalue weighted by atomic mass is 10.4. The maximum Gasteiger partial charge on any atom is 0.293 e. The van der Waals surface area contributed by atoms with Gasteiger partial charge in [-0.15, -0.1) is 0 Å². The van der Waals surface area contributed by atoms with Crippen molar-refractivity contribution < 1.29 is 9.21 Å². The van der Waals surface area contributed by atoms with Gasteiger partial charge in [-0.3, -0.25) is 10.1 Å². The van der Waals surface area contributed by atoms with E-state index in [9.17, 15) is 4.79 Å². The lowest BCUT2D eigenvalue weighted by Crippen LogP contribution is -2.10. The smallest absolute Gasteiger partial charge is 0.293 e. The number of amides is 1. The third kappa shape index (κ3) is 1.80. The molecule has 14 heavy (non-hydrogen) atoms. The Balaban J connectivity index is 2.09. The van der Waals surface area contributed by atoms with Crippen LogP contribution >= 0.6 is 11.5 Å². The number of rotatable bonds is 2. The fraction of sp³-hybridized carbons (Fsp3) is 0.125. The van der Waals surface area contributed by atoms with Crippen LogP contribution in [0.5, 0.6) is 0 Å². The zero-order valence-electron chi connectivity index (χ0n) is 7.35. The van der Waals surface area contributed by atoms with Crippen LogP contribution in [0.15, 0.2) is 22.8 Å². The molecule has 5 nitrogen and oxygen atoms in total. The molecule has 0 bridgehead atoms. The zero-order chi connectivity index (χ0) is 9.97. The summed E-state index contributed by atoms with van der Waals surface area (Å²) < 4.78 is 8.85. The molecule has 0 unspecified atom stereocenters. The summed E-state index contributed by atoms with van der Waals surface area (Å²) in [5.41, 5.74) is 0. The normalized spacial score (nSPS) is 10.1. The quantitative estimate of drug-likeness (QED) is 0.817. The Morgan fingerprint density at radius 2 is 2.50 bits per heavy atom. The van der Waals surface area contributed by atoms with Crippen LogP contribution in [0.3, 0.4) is 0 Å². The Hall–Kier alpha value is -1.69. The summed E-state index contributed by atoms with van der Waals surface area (Å²) in [5.74, 6) is 0.591. The number of nitrogens with zero attached hydrogens (tertiary/aromatic N) is 2. The van der Waals surface area contributed by atoms with Gasteiger partial charge in [-0.1, -0.05) is 0 Å². The Labute approximate surface area is 83.9 Å². The second kappa shape index (κ2) is 3.59. The third-order valence-electron chi connectivity index (χ3n) is 1.49. The van der Waals surface area contributed by atoms with E-state index in [0.717, 1.165) is 11.5 Å². The molecule has 0 fully saturated rings. The van der Waals surface area contributed by atoms with Crippen molar-refractivity contribution in [2.24, 2.45) is 0 Å². The van der Waals surface area contributed by atoms with Gasteiger partial charge in [0.2, 0.25) is 5.13 Å². The number of aryl methyl sites for hydroxylation is 1. The van der Waals surface area contributed by atoms with Crippen LogP contribution in [0.4, 0.5) is 5.13 Å². The van der Waals surface area contributed by atoms with Crippen LogP contribution in [0, 0.1) is 6.92 Å². The predicted octanol–water partition coefficient (Wildman–Crippen LogP) is 1.69. The third-order valence-corrected chi connectivity index (χ3v) is 2.21. The summed E-state index contributed by atoms with van der Waals surface area (Å²) in [6.07, 6.45) is 1.44. The molecular formula is C8H7N3O2S. The molecule has 2 aromatic rings. The van der Waals surface area contributed by atoms with Gasteiger partial charge >= 0.3 is 0 Å². The highest BCUT2D eigenvalue weighted by molar-refractivity contribution is 7.09. The van der Waals surface area contributed by atoms with Gasteiger partial charge in [-0.2, -0.15) is 4.37 Å². The van der Waals surface area contributed by atoms with E-state index in [1.807, 2.05) is 0 Å². The number of hydrogen-bond acceptors (Lipinski definition) is 5. The van der Waals surface area contributed by atoms with Crippen molar-refractivity contribution in [2.75, 3.05) is 5.32 Å². The first-order valence-electron chi connectivity index (χ1n) is 3.91. The number of carbonyl (C=O) groups is 1. The van der Waals surface area contributed by atoms with Crippen LogP contribution in [0.2, 0.25) is 0 Å². The molecule has 1 amide bonds. The molecule has 0 aromatic carbocycles. The van der Waals surface area contributed by atoms with Crippen molar-refractivity contribution >= 4 is 22.6 Å². The molecule has 2 aromatic heterocycles. The predicted molar refractivity (Wildman–Crippen MR) is 51.3 cm³/mol. The molecule has 0 aliphatic rings. The standard InChI is InChI=1S/C8H7N3O2S/c1-5-9-8(14-11-5)10-7(12)6-3-2-4-13-6/h2-4H,1H3,(H,9,10,11,12). The number of anilines is 1. The van der Waals surface area contributed by atoms with Crippen LogP contribution in [-0.4, -0.2) is 15.3 Å². The van der Waals surface area contributed by atoms with Crippen molar-refractivity contribution in [3.05, 3.63) is 30.0 Å². The van der Waals surface area contributed by atoms with E-state index in [1.165, 1.54) is 6.26 Å². The molecule has 0 saturated carbocycles. The zero-order valence-corrected chi connectivity index (χ0v) is 8.17. The van der Waals surface area contributed by atoms with Gasteiger partial charge in [0.1, 0.15) is 5.82 Å². The monoisotopic (exact) mass is 209 g/mol. The number of carbonyl (C=O) groups excluding carboxylic acids is 1. The first-order chi connectivity index (χ1) is 6.75. The molecule has 2 rings (SSSR count). The summed E-state index contributed by atoms with van der Waals surface area (Å²) >= 11 is 1.14. The van der Waals surface area contributed by atoms with Gasteiger partial charge in [-0.05, 0) is 19.1 Å². The Morgan fingerprint density at radius 3 is 3.07 bits per heavy atom. The minimum atomic E-state index is -0.314. The van der Waals surface area contributed by atoms with Crippen LogP contribution in [0.25, 0.3) is 0 Å². The maximum absolute atomic E-state index is 11.4. The number of hydrogen-bond donors (Lipinski definition) is 1. The van der Waals surface area contributed by atoms with Gasteiger partial charge in [0.25, 0.3) is 5.91 Å². The van der Waals surface area contributed by atoms with E-state index in [2.05, 4.69) is 14.7 Å². The van der Waals surface area contributed by atoms with Gasteiger partial charge in [0.15, 0.2) is 5.76 Å². The summed E-state index contributed by atoms with van der Waals surface area (Å²) in [6.45, 7) is 1.76. The van der Waals surface area contributed by atoms with Crippen molar-refractivity contribution in [3.8, 4) is 0 Å². The topological polar surface area (TPSA) is 68.0 Å². The van der Waals surface area contributed by atoms with E-state index in [-0.39, 0.29) is 11.7 Å². The molecule has 2 heterocycles. The summed E-state index contributed by atoms with van der Waals surface area (Å²) in [4.78, 5) is 15.4. The number of furan rings is 1. The maximum atomic E-state index is 11.4. The van der Waals surface area contributed by atoms with Gasteiger partial charge in [0.05, 0.1) is 6.26 Å². The van der Waals surface area contributed by atoms with Gasteiger partial charge in [-0.25, -0.2) is 4.98 Å². The summed E-state index contributed by atoms with van der Waals surface area (Å²) in [6, 6.07) is 3.24. The van der Waals surface area contributed by atoms with Crippen molar-refractivity contribution in [3.63, 3.8) is 0 Å². The lowest BCUT2D eigenvalue weighted by Gasteiger charge is -1.95. The van der Waals surface area contributed by atoms with E-state index in [0.29, 0.717) is 11.0 Å². The summed E-state index contributed by atoms with van der Waals surface area (Å²) in [5, 5.41) is 3.05. The highest BCUT2D eigenvalue weighted by Gasteiger charge is 2.10. The molecule has 6 heteroatoms. The molecule has 1 N–H and O–H groups in total. The molecule has 0 atom stereocenters. The highest BCUT2D eigenvalue weighted by Crippen LogP contribution is 2.12. The first-order valence-corrected chi connectivity index (χ1v) is 4.68. The molecule has 0 radical (unpaired) electrons. The minimum Gasteiger partial charge on any atom is -0.459 e.